The van der Waals surface area contributed by atoms with Crippen molar-refractivity contribution in [3.8, 4) is 0 Å². The fraction of sp³-hybridized carbons (Fsp3) is 0.667. The third kappa shape index (κ3) is 4.39. The van der Waals surface area contributed by atoms with Gasteiger partial charge in [0.25, 0.3) is 0 Å². The van der Waals surface area contributed by atoms with Crippen LogP contribution in [-0.4, -0.2) is 37.6 Å². The molecule has 8 heteroatoms. The van der Waals surface area contributed by atoms with E-state index in [9.17, 15) is 8.42 Å². The van der Waals surface area contributed by atoms with Crippen LogP contribution in [0.15, 0.2) is 17.3 Å². The molecule has 0 saturated heterocycles. The number of nitrogen functional groups attached to an aromatic ring is 1. The van der Waals surface area contributed by atoms with Crippen molar-refractivity contribution in [2.45, 2.75) is 43.1 Å². The van der Waals surface area contributed by atoms with Gasteiger partial charge < -0.3 is 10.5 Å². The Balaban J connectivity index is 1.76. The summed E-state index contributed by atoms with van der Waals surface area (Å²) in [5.41, 5.74) is 5.32. The first-order chi connectivity index (χ1) is 9.58. The second kappa shape index (κ2) is 6.96. The molecule has 0 atom stereocenters. The smallest absolute Gasteiger partial charge is 0.243 e. The molecule has 2 rings (SSSR count). The topological polar surface area (TPSA) is 107 Å². The van der Waals surface area contributed by atoms with Crippen molar-refractivity contribution in [1.82, 2.24) is 14.7 Å². The average Bonchev–Trinajstić information content (AvgIpc) is 2.45. The Kier molecular flexibility index (Phi) is 5.27. The van der Waals surface area contributed by atoms with Crippen molar-refractivity contribution in [3.63, 3.8) is 0 Å². The molecule has 0 spiro atoms. The SMILES string of the molecule is Nc1ncc(S(=O)(=O)NCCOC2CCCCC2)cn1. The van der Waals surface area contributed by atoms with Gasteiger partial charge in [-0.05, 0) is 12.8 Å². The van der Waals surface area contributed by atoms with Crippen LogP contribution in [0.4, 0.5) is 5.95 Å². The molecule has 0 aliphatic heterocycles. The zero-order valence-electron chi connectivity index (χ0n) is 11.3. The third-order valence-corrected chi connectivity index (χ3v) is 4.67. The quantitative estimate of drug-likeness (QED) is 0.748. The molecule has 7 nitrogen and oxygen atoms in total. The molecule has 1 fully saturated rings. The Labute approximate surface area is 119 Å². The van der Waals surface area contributed by atoms with Gasteiger partial charge in [-0.15, -0.1) is 0 Å². The maximum atomic E-state index is 11.9. The zero-order valence-corrected chi connectivity index (χ0v) is 12.1. The summed E-state index contributed by atoms with van der Waals surface area (Å²) in [7, 11) is -3.59. The molecule has 112 valence electrons. The van der Waals surface area contributed by atoms with Crippen LogP contribution in [0.3, 0.4) is 0 Å². The largest absolute Gasteiger partial charge is 0.377 e. The number of anilines is 1. The molecule has 1 aliphatic rings. The fourth-order valence-corrected chi connectivity index (χ4v) is 3.08. The Morgan fingerprint density at radius 2 is 1.90 bits per heavy atom. The third-order valence-electron chi connectivity index (χ3n) is 3.26. The molecule has 1 heterocycles. The highest BCUT2D eigenvalue weighted by Gasteiger charge is 2.16. The molecule has 0 radical (unpaired) electrons. The maximum absolute atomic E-state index is 11.9. The van der Waals surface area contributed by atoms with Crippen molar-refractivity contribution in [2.75, 3.05) is 18.9 Å². The number of hydrogen-bond acceptors (Lipinski definition) is 6. The van der Waals surface area contributed by atoms with Gasteiger partial charge >= 0.3 is 0 Å². The van der Waals surface area contributed by atoms with Gasteiger partial charge in [0.15, 0.2) is 0 Å². The molecule has 0 amide bonds. The Morgan fingerprint density at radius 3 is 2.55 bits per heavy atom. The van der Waals surface area contributed by atoms with Gasteiger partial charge in [-0.3, -0.25) is 0 Å². The van der Waals surface area contributed by atoms with Crippen LogP contribution >= 0.6 is 0 Å². The van der Waals surface area contributed by atoms with Gasteiger partial charge in [-0.2, -0.15) is 0 Å². The average molecular weight is 300 g/mol. The summed E-state index contributed by atoms with van der Waals surface area (Å²) < 4.78 is 31.9. The van der Waals surface area contributed by atoms with Crippen molar-refractivity contribution in [3.05, 3.63) is 12.4 Å². The first-order valence-electron chi connectivity index (χ1n) is 6.77. The molecular formula is C12H20N4O3S. The number of ether oxygens (including phenoxy) is 1. The van der Waals surface area contributed by atoms with Gasteiger partial charge in [0.1, 0.15) is 4.90 Å². The molecule has 0 aromatic carbocycles. The number of hydrogen-bond donors (Lipinski definition) is 2. The standard InChI is InChI=1S/C12H20N4O3S/c13-12-14-8-11(9-15-12)20(17,18)16-6-7-19-10-4-2-1-3-5-10/h8-10,16H,1-7H2,(H2,13,14,15). The van der Waals surface area contributed by atoms with E-state index in [1.807, 2.05) is 0 Å². The van der Waals surface area contributed by atoms with E-state index in [4.69, 9.17) is 10.5 Å². The molecule has 1 aliphatic carbocycles. The predicted molar refractivity (Wildman–Crippen MR) is 74.5 cm³/mol. The van der Waals surface area contributed by atoms with Crippen molar-refractivity contribution in [2.24, 2.45) is 0 Å². The molecule has 1 aromatic rings. The lowest BCUT2D eigenvalue weighted by molar-refractivity contribution is 0.0321. The fourth-order valence-electron chi connectivity index (χ4n) is 2.18. The first-order valence-corrected chi connectivity index (χ1v) is 8.25. The minimum absolute atomic E-state index is 0.00404. The minimum Gasteiger partial charge on any atom is -0.377 e. The highest BCUT2D eigenvalue weighted by Crippen LogP contribution is 2.19. The van der Waals surface area contributed by atoms with Crippen LogP contribution in [-0.2, 0) is 14.8 Å². The van der Waals surface area contributed by atoms with Crippen LogP contribution in [0.2, 0.25) is 0 Å². The highest BCUT2D eigenvalue weighted by molar-refractivity contribution is 7.89. The van der Waals surface area contributed by atoms with E-state index in [0.29, 0.717) is 6.61 Å². The van der Waals surface area contributed by atoms with Gasteiger partial charge in [0.05, 0.1) is 25.1 Å². The summed E-state index contributed by atoms with van der Waals surface area (Å²) in [4.78, 5) is 7.33. The van der Waals surface area contributed by atoms with Gasteiger partial charge in [-0.25, -0.2) is 23.1 Å². The number of aromatic nitrogens is 2. The van der Waals surface area contributed by atoms with Crippen LogP contribution in [0.1, 0.15) is 32.1 Å². The Bertz CT molecular complexity index is 512. The summed E-state index contributed by atoms with van der Waals surface area (Å²) in [6, 6.07) is 0. The normalized spacial score (nSPS) is 17.2. The molecule has 20 heavy (non-hydrogen) atoms. The van der Waals surface area contributed by atoms with Crippen LogP contribution < -0.4 is 10.5 Å². The number of nitrogens with one attached hydrogen (secondary N) is 1. The van der Waals surface area contributed by atoms with E-state index in [1.165, 1.54) is 31.7 Å². The molecule has 3 N–H and O–H groups in total. The van der Waals surface area contributed by atoms with Crippen molar-refractivity contribution >= 4 is 16.0 Å². The van der Waals surface area contributed by atoms with E-state index in [1.54, 1.807) is 0 Å². The van der Waals surface area contributed by atoms with E-state index in [2.05, 4.69) is 14.7 Å². The summed E-state index contributed by atoms with van der Waals surface area (Å²) >= 11 is 0. The predicted octanol–water partition coefficient (Wildman–Crippen LogP) is 0.686. The molecule has 0 bridgehead atoms. The molecule has 1 aromatic heterocycles. The van der Waals surface area contributed by atoms with E-state index in [0.717, 1.165) is 12.8 Å². The summed E-state index contributed by atoms with van der Waals surface area (Å²) in [6.07, 6.45) is 8.44. The lowest BCUT2D eigenvalue weighted by Gasteiger charge is -2.21. The van der Waals surface area contributed by atoms with Crippen LogP contribution in [0.25, 0.3) is 0 Å². The van der Waals surface area contributed by atoms with Gasteiger partial charge in [0, 0.05) is 6.54 Å². The van der Waals surface area contributed by atoms with E-state index >= 15 is 0 Å². The number of nitrogens with two attached hydrogens (primary N) is 1. The van der Waals surface area contributed by atoms with Crippen molar-refractivity contribution in [1.29, 1.82) is 0 Å². The zero-order chi connectivity index (χ0) is 14.4. The lowest BCUT2D eigenvalue weighted by atomic mass is 9.98. The second-order valence-electron chi connectivity index (χ2n) is 4.81. The van der Waals surface area contributed by atoms with E-state index < -0.39 is 10.0 Å². The van der Waals surface area contributed by atoms with Crippen LogP contribution in [0.5, 0.6) is 0 Å². The Morgan fingerprint density at radius 1 is 1.25 bits per heavy atom. The monoisotopic (exact) mass is 300 g/mol. The van der Waals surface area contributed by atoms with Crippen molar-refractivity contribution < 1.29 is 13.2 Å². The Hall–Kier alpha value is -1.25. The van der Waals surface area contributed by atoms with Gasteiger partial charge in [-0.1, -0.05) is 19.3 Å². The molecule has 1 saturated carbocycles. The number of rotatable bonds is 6. The highest BCUT2D eigenvalue weighted by atomic mass is 32.2. The second-order valence-corrected chi connectivity index (χ2v) is 6.57. The van der Waals surface area contributed by atoms with Crippen LogP contribution in [0, 0.1) is 0 Å². The minimum atomic E-state index is -3.59. The molecular weight excluding hydrogens is 280 g/mol. The summed E-state index contributed by atoms with van der Waals surface area (Å²) in [5, 5.41) is 0. The summed E-state index contributed by atoms with van der Waals surface area (Å²) in [6.45, 7) is 0.614. The number of nitrogens with zero attached hydrogens (tertiary/aromatic N) is 2. The summed E-state index contributed by atoms with van der Waals surface area (Å²) in [5.74, 6) is 0.0459. The number of sulfonamides is 1. The van der Waals surface area contributed by atoms with Gasteiger partial charge in [0.2, 0.25) is 16.0 Å². The first kappa shape index (κ1) is 15.1. The maximum Gasteiger partial charge on any atom is 0.243 e. The molecule has 0 unspecified atom stereocenters. The van der Waals surface area contributed by atoms with E-state index in [-0.39, 0.29) is 23.5 Å². The lowest BCUT2D eigenvalue weighted by Crippen LogP contribution is -2.29.